The Kier molecular flexibility index (Phi) is 7.48. The molecule has 0 aliphatic carbocycles. The van der Waals surface area contributed by atoms with E-state index >= 15 is 0 Å². The van der Waals surface area contributed by atoms with E-state index in [9.17, 15) is 19.2 Å². The highest BCUT2D eigenvalue weighted by Crippen LogP contribution is 2.35. The molecule has 1 amide bonds. The number of thiocarbonyl (C=S) groups is 1. The number of carbonyl (C=O) groups is 1. The fraction of sp³-hybridized carbons (Fsp3) is 0.304. The van der Waals surface area contributed by atoms with Crippen molar-refractivity contribution >= 4 is 46.1 Å². The normalized spacial score (nSPS) is 14.8. The summed E-state index contributed by atoms with van der Waals surface area (Å²) in [5.74, 6) is -0.0120. The van der Waals surface area contributed by atoms with Crippen LogP contribution in [0.4, 0.5) is 10.2 Å². The van der Waals surface area contributed by atoms with E-state index in [1.165, 1.54) is 33.4 Å². The molecule has 3 rings (SSSR count). The second-order valence-electron chi connectivity index (χ2n) is 7.24. The Labute approximate surface area is 195 Å². The Bertz CT molecular complexity index is 1200. The highest BCUT2D eigenvalue weighted by atomic mass is 32.2. The number of halogens is 1. The molecule has 166 valence electrons. The Morgan fingerprint density at radius 2 is 1.94 bits per heavy atom. The molecule has 1 aliphatic rings. The van der Waals surface area contributed by atoms with E-state index < -0.39 is 0 Å². The maximum Gasteiger partial charge on any atom is 0.270 e. The third-order valence-electron chi connectivity index (χ3n) is 5.16. The molecule has 1 aromatic heterocycles. The molecule has 9 heteroatoms. The van der Waals surface area contributed by atoms with Crippen LogP contribution in [0.3, 0.4) is 0 Å². The fourth-order valence-corrected chi connectivity index (χ4v) is 4.85. The molecule has 1 saturated heterocycles. The monoisotopic (exact) mass is 470 g/mol. The highest BCUT2D eigenvalue weighted by Gasteiger charge is 2.31. The number of nitrogens with zero attached hydrogens (tertiary/aromatic N) is 3. The van der Waals surface area contributed by atoms with Gasteiger partial charge in [-0.2, -0.15) is 5.26 Å². The zero-order valence-electron chi connectivity index (χ0n) is 18.1. The molecular formula is C23H23FN4O2S2. The minimum Gasteiger partial charge on any atom is -0.367 e. The van der Waals surface area contributed by atoms with Crippen molar-refractivity contribution in [1.82, 2.24) is 9.47 Å². The number of anilines is 1. The molecule has 0 spiro atoms. The maximum absolute atomic E-state index is 13.3. The van der Waals surface area contributed by atoms with Gasteiger partial charge >= 0.3 is 0 Å². The van der Waals surface area contributed by atoms with Crippen LogP contribution in [-0.4, -0.2) is 26.2 Å². The minimum atomic E-state index is -0.383. The van der Waals surface area contributed by atoms with Crippen LogP contribution in [-0.2, 0) is 17.9 Å². The van der Waals surface area contributed by atoms with Crippen molar-refractivity contribution < 1.29 is 9.18 Å². The SMILES string of the molecule is CCCn1c(NCc2ccc(F)cc2)c(/C=C2/SC(=S)N(CC)C2=O)c(C)c(C#N)c1=O. The summed E-state index contributed by atoms with van der Waals surface area (Å²) in [6.45, 7) is 6.70. The number of hydrogen-bond acceptors (Lipinski definition) is 6. The summed E-state index contributed by atoms with van der Waals surface area (Å²) in [4.78, 5) is 27.8. The zero-order chi connectivity index (χ0) is 23.4. The van der Waals surface area contributed by atoms with Crippen LogP contribution in [0.5, 0.6) is 0 Å². The lowest BCUT2D eigenvalue weighted by Crippen LogP contribution is -2.28. The fourth-order valence-electron chi connectivity index (χ4n) is 3.48. The Morgan fingerprint density at radius 3 is 2.50 bits per heavy atom. The van der Waals surface area contributed by atoms with Crippen LogP contribution < -0.4 is 10.9 Å². The van der Waals surface area contributed by atoms with E-state index in [0.29, 0.717) is 52.2 Å². The Hall–Kier alpha value is -2.96. The number of amides is 1. The first kappa shape index (κ1) is 23.7. The molecule has 1 fully saturated rings. The quantitative estimate of drug-likeness (QED) is 0.477. The van der Waals surface area contributed by atoms with Crippen molar-refractivity contribution in [3.8, 4) is 6.07 Å². The van der Waals surface area contributed by atoms with Crippen LogP contribution >= 0.6 is 24.0 Å². The van der Waals surface area contributed by atoms with E-state index in [1.54, 1.807) is 25.1 Å². The van der Waals surface area contributed by atoms with Crippen molar-refractivity contribution in [2.75, 3.05) is 11.9 Å². The van der Waals surface area contributed by atoms with E-state index in [1.807, 2.05) is 19.9 Å². The van der Waals surface area contributed by atoms with Gasteiger partial charge in [-0.05, 0) is 49.6 Å². The lowest BCUT2D eigenvalue weighted by molar-refractivity contribution is -0.121. The number of pyridine rings is 1. The van der Waals surface area contributed by atoms with Crippen LogP contribution in [0.25, 0.3) is 6.08 Å². The summed E-state index contributed by atoms with van der Waals surface area (Å²) < 4.78 is 15.3. The van der Waals surface area contributed by atoms with Gasteiger partial charge in [0, 0.05) is 25.2 Å². The van der Waals surface area contributed by atoms with Gasteiger partial charge < -0.3 is 5.32 Å². The zero-order valence-corrected chi connectivity index (χ0v) is 19.7. The standard InChI is InChI=1S/C23H23FN4O2S2/c1-4-10-28-20(26-13-15-6-8-16(24)9-7-15)17(14(3)18(12-25)21(28)29)11-19-22(30)27(5-2)23(31)32-19/h6-9,11,26H,4-5,10,13H2,1-3H3/b19-11+. The highest BCUT2D eigenvalue weighted by molar-refractivity contribution is 8.26. The Balaban J connectivity index is 2.16. The maximum atomic E-state index is 13.3. The van der Waals surface area contributed by atoms with Gasteiger partial charge in [0.05, 0.1) is 4.91 Å². The first-order valence-electron chi connectivity index (χ1n) is 10.2. The van der Waals surface area contributed by atoms with Gasteiger partial charge in [0.25, 0.3) is 11.5 Å². The van der Waals surface area contributed by atoms with E-state index in [4.69, 9.17) is 12.2 Å². The number of nitrogens with one attached hydrogen (secondary N) is 1. The first-order chi connectivity index (χ1) is 15.3. The number of aromatic nitrogens is 1. The van der Waals surface area contributed by atoms with Crippen molar-refractivity contribution in [3.63, 3.8) is 0 Å². The number of carbonyl (C=O) groups excluding carboxylic acids is 1. The van der Waals surface area contributed by atoms with Crippen molar-refractivity contribution in [3.05, 3.63) is 67.6 Å². The lowest BCUT2D eigenvalue weighted by atomic mass is 10.0. The molecule has 32 heavy (non-hydrogen) atoms. The summed E-state index contributed by atoms with van der Waals surface area (Å²) in [7, 11) is 0. The van der Waals surface area contributed by atoms with Crippen LogP contribution in [0.15, 0.2) is 34.0 Å². The van der Waals surface area contributed by atoms with Crippen LogP contribution in [0.2, 0.25) is 0 Å². The third-order valence-corrected chi connectivity index (χ3v) is 6.54. The predicted molar refractivity (Wildman–Crippen MR) is 130 cm³/mol. The van der Waals surface area contributed by atoms with Gasteiger partial charge in [-0.1, -0.05) is 43.0 Å². The molecule has 0 bridgehead atoms. The third kappa shape index (κ3) is 4.61. The summed E-state index contributed by atoms with van der Waals surface area (Å²) in [5, 5.41) is 12.9. The lowest BCUT2D eigenvalue weighted by Gasteiger charge is -2.20. The molecule has 1 N–H and O–H groups in total. The van der Waals surface area contributed by atoms with E-state index in [0.717, 1.165) is 5.56 Å². The van der Waals surface area contributed by atoms with Gasteiger partial charge in [-0.15, -0.1) is 0 Å². The van der Waals surface area contributed by atoms with Gasteiger partial charge in [0.15, 0.2) is 0 Å². The average Bonchev–Trinajstić information content (AvgIpc) is 3.04. The molecule has 1 aromatic carbocycles. The molecule has 0 radical (unpaired) electrons. The van der Waals surface area contributed by atoms with Crippen molar-refractivity contribution in [2.45, 2.75) is 40.3 Å². The van der Waals surface area contributed by atoms with Gasteiger partial charge in [-0.25, -0.2) is 4.39 Å². The van der Waals surface area contributed by atoms with E-state index in [-0.39, 0.29) is 22.8 Å². The topological polar surface area (TPSA) is 78.1 Å². The molecule has 0 atom stereocenters. The molecule has 1 aliphatic heterocycles. The van der Waals surface area contributed by atoms with Crippen molar-refractivity contribution in [1.29, 1.82) is 5.26 Å². The average molecular weight is 471 g/mol. The first-order valence-corrected chi connectivity index (χ1v) is 11.5. The molecule has 2 aromatic rings. The molecule has 0 saturated carbocycles. The van der Waals surface area contributed by atoms with Gasteiger partial charge in [-0.3, -0.25) is 19.1 Å². The number of rotatable bonds is 7. The van der Waals surface area contributed by atoms with Gasteiger partial charge in [0.1, 0.15) is 27.6 Å². The van der Waals surface area contributed by atoms with E-state index in [2.05, 4.69) is 5.32 Å². The summed E-state index contributed by atoms with van der Waals surface area (Å²) in [6, 6.07) is 8.08. The largest absolute Gasteiger partial charge is 0.367 e. The molecule has 0 unspecified atom stereocenters. The smallest absolute Gasteiger partial charge is 0.270 e. The molecular weight excluding hydrogens is 447 g/mol. The number of thioether (sulfide) groups is 1. The summed E-state index contributed by atoms with van der Waals surface area (Å²) >= 11 is 6.51. The second-order valence-corrected chi connectivity index (χ2v) is 8.91. The Morgan fingerprint density at radius 1 is 1.25 bits per heavy atom. The number of nitriles is 1. The predicted octanol–water partition coefficient (Wildman–Crippen LogP) is 4.41. The van der Waals surface area contributed by atoms with Crippen LogP contribution in [0, 0.1) is 24.1 Å². The van der Waals surface area contributed by atoms with Crippen LogP contribution in [0.1, 0.15) is 42.5 Å². The minimum absolute atomic E-state index is 0.0444. The van der Waals surface area contributed by atoms with Gasteiger partial charge in [0.2, 0.25) is 0 Å². The number of likely N-dealkylation sites (N-methyl/N-ethyl adjacent to an activating group) is 1. The van der Waals surface area contributed by atoms with Crippen molar-refractivity contribution in [2.24, 2.45) is 0 Å². The summed E-state index contributed by atoms with van der Waals surface area (Å²) in [6.07, 6.45) is 2.38. The summed E-state index contributed by atoms with van der Waals surface area (Å²) in [5.41, 5.74) is 1.57. The molecule has 6 nitrogen and oxygen atoms in total. The molecule has 2 heterocycles. The number of benzene rings is 1. The number of hydrogen-bond donors (Lipinski definition) is 1. The second kappa shape index (κ2) is 10.1.